The lowest BCUT2D eigenvalue weighted by atomic mass is 9.99. The van der Waals surface area contributed by atoms with E-state index < -0.39 is 0 Å². The first kappa shape index (κ1) is 21.8. The second-order valence-corrected chi connectivity index (χ2v) is 10.0. The Morgan fingerprint density at radius 2 is 1.61 bits per heavy atom. The maximum Gasteiger partial charge on any atom is 0.269 e. The summed E-state index contributed by atoms with van der Waals surface area (Å²) in [5, 5.41) is 3.62. The Morgan fingerprint density at radius 3 is 2.27 bits per heavy atom. The summed E-state index contributed by atoms with van der Waals surface area (Å²) >= 11 is 8.08. The lowest BCUT2D eigenvalue weighted by molar-refractivity contribution is 0.103. The zero-order valence-corrected chi connectivity index (χ0v) is 21.0. The number of hydrogen-bond acceptors (Lipinski definition) is 5. The smallest absolute Gasteiger partial charge is 0.269 e. The Morgan fingerprint density at radius 1 is 0.939 bits per heavy atom. The minimum atomic E-state index is -0.328. The molecule has 33 heavy (non-hydrogen) atoms. The highest BCUT2D eigenvalue weighted by Crippen LogP contribution is 2.41. The molecule has 5 rings (SSSR count). The average molecular weight is 580 g/mol. The maximum absolute atomic E-state index is 13.2. The van der Waals surface area contributed by atoms with Crippen molar-refractivity contribution >= 4 is 70.8 Å². The number of nitrogen functional groups attached to an aromatic ring is 1. The van der Waals surface area contributed by atoms with E-state index in [1.54, 1.807) is 6.20 Å². The van der Waals surface area contributed by atoms with Crippen molar-refractivity contribution in [2.45, 2.75) is 0 Å². The average Bonchev–Trinajstić information content (AvgIpc) is 3.18. The van der Waals surface area contributed by atoms with Crippen LogP contribution in [0.15, 0.2) is 87.9 Å². The van der Waals surface area contributed by atoms with Gasteiger partial charge in [0.1, 0.15) is 15.5 Å². The molecule has 3 heterocycles. The third-order valence-corrected chi connectivity index (χ3v) is 7.24. The van der Waals surface area contributed by atoms with Crippen LogP contribution >= 0.6 is 43.2 Å². The van der Waals surface area contributed by atoms with E-state index in [9.17, 15) is 4.79 Å². The van der Waals surface area contributed by atoms with Gasteiger partial charge in [0.05, 0.1) is 15.9 Å². The van der Waals surface area contributed by atoms with E-state index in [1.807, 2.05) is 72.8 Å². The van der Waals surface area contributed by atoms with Gasteiger partial charge >= 0.3 is 0 Å². The van der Waals surface area contributed by atoms with Crippen LogP contribution in [-0.2, 0) is 0 Å². The van der Waals surface area contributed by atoms with Crippen LogP contribution in [0.4, 0.5) is 11.5 Å². The van der Waals surface area contributed by atoms with Gasteiger partial charge in [-0.2, -0.15) is 0 Å². The van der Waals surface area contributed by atoms with E-state index in [0.29, 0.717) is 25.7 Å². The van der Waals surface area contributed by atoms with E-state index in [2.05, 4.69) is 42.2 Å². The zero-order chi connectivity index (χ0) is 22.9. The highest BCUT2D eigenvalue weighted by Gasteiger charge is 2.22. The van der Waals surface area contributed by atoms with Crippen molar-refractivity contribution in [3.63, 3.8) is 0 Å². The fourth-order valence-electron chi connectivity index (χ4n) is 3.56. The second kappa shape index (κ2) is 9.05. The molecular weight excluding hydrogens is 564 g/mol. The summed E-state index contributed by atoms with van der Waals surface area (Å²) in [7, 11) is 0. The van der Waals surface area contributed by atoms with Gasteiger partial charge in [0, 0.05) is 21.6 Å². The number of benzene rings is 2. The van der Waals surface area contributed by atoms with Gasteiger partial charge < -0.3 is 11.1 Å². The molecule has 2 aromatic carbocycles. The Hall–Kier alpha value is -3.07. The molecule has 3 aromatic heterocycles. The largest absolute Gasteiger partial charge is 0.397 e. The molecule has 0 radical (unpaired) electrons. The van der Waals surface area contributed by atoms with Crippen molar-refractivity contribution in [1.29, 1.82) is 0 Å². The summed E-state index contributed by atoms with van der Waals surface area (Å²) in [5.41, 5.74) is 10.7. The Labute approximate surface area is 211 Å². The van der Waals surface area contributed by atoms with Crippen molar-refractivity contribution in [2.75, 3.05) is 11.1 Å². The predicted octanol–water partition coefficient (Wildman–Crippen LogP) is 7.38. The molecule has 0 aliphatic rings. The molecule has 3 N–H and O–H groups in total. The molecule has 8 heteroatoms. The molecule has 0 saturated heterocycles. The predicted molar refractivity (Wildman–Crippen MR) is 142 cm³/mol. The zero-order valence-electron chi connectivity index (χ0n) is 17.0. The third-order valence-electron chi connectivity index (χ3n) is 5.10. The number of nitrogens with one attached hydrogen (secondary N) is 1. The number of pyridine rings is 2. The normalized spacial score (nSPS) is 11.0. The van der Waals surface area contributed by atoms with Crippen LogP contribution in [0.3, 0.4) is 0 Å². The van der Waals surface area contributed by atoms with Crippen molar-refractivity contribution in [2.24, 2.45) is 0 Å². The molecule has 0 atom stereocenters. The summed E-state index contributed by atoms with van der Waals surface area (Å²) < 4.78 is 1.47. The van der Waals surface area contributed by atoms with E-state index in [-0.39, 0.29) is 5.91 Å². The first-order chi connectivity index (χ1) is 16.0. The van der Waals surface area contributed by atoms with Gasteiger partial charge in [-0.15, -0.1) is 11.3 Å². The molecule has 5 nitrogen and oxygen atoms in total. The van der Waals surface area contributed by atoms with Crippen LogP contribution in [-0.4, -0.2) is 15.9 Å². The summed E-state index contributed by atoms with van der Waals surface area (Å²) in [5.74, 6) is 0.0903. The monoisotopic (exact) mass is 578 g/mol. The van der Waals surface area contributed by atoms with Crippen molar-refractivity contribution in [1.82, 2.24) is 9.97 Å². The van der Waals surface area contributed by atoms with Crippen LogP contribution in [0.1, 0.15) is 9.67 Å². The molecule has 0 aliphatic heterocycles. The number of rotatable bonds is 4. The molecule has 162 valence electrons. The van der Waals surface area contributed by atoms with Gasteiger partial charge in [0.25, 0.3) is 5.91 Å². The van der Waals surface area contributed by atoms with E-state index in [0.717, 1.165) is 32.2 Å². The van der Waals surface area contributed by atoms with Crippen molar-refractivity contribution < 1.29 is 4.79 Å². The Bertz CT molecular complexity index is 1490. The van der Waals surface area contributed by atoms with Gasteiger partial charge in [-0.1, -0.05) is 60.7 Å². The lowest BCUT2D eigenvalue weighted by Gasteiger charge is -2.09. The van der Waals surface area contributed by atoms with Crippen LogP contribution in [0.25, 0.3) is 32.6 Å². The van der Waals surface area contributed by atoms with E-state index in [1.165, 1.54) is 11.3 Å². The third kappa shape index (κ3) is 4.29. The molecule has 0 unspecified atom stereocenters. The number of thiophene rings is 1. The fraction of sp³-hybridized carbons (Fsp3) is 0. The van der Waals surface area contributed by atoms with Crippen LogP contribution in [0.2, 0.25) is 0 Å². The highest BCUT2D eigenvalue weighted by molar-refractivity contribution is 9.11. The SMILES string of the molecule is Nc1c(C(=O)Nc2ncc(Br)cc2Br)sc2nc(-c3ccccc3)cc(-c3ccccc3)c12. The van der Waals surface area contributed by atoms with Crippen LogP contribution in [0.5, 0.6) is 0 Å². The van der Waals surface area contributed by atoms with E-state index >= 15 is 0 Å². The number of fused-ring (bicyclic) bond motifs is 1. The number of halogens is 2. The number of amides is 1. The lowest BCUT2D eigenvalue weighted by Crippen LogP contribution is -2.13. The van der Waals surface area contributed by atoms with Gasteiger partial charge in [-0.3, -0.25) is 4.79 Å². The second-order valence-electron chi connectivity index (χ2n) is 7.25. The summed E-state index contributed by atoms with van der Waals surface area (Å²) in [6.07, 6.45) is 1.62. The maximum atomic E-state index is 13.2. The minimum Gasteiger partial charge on any atom is -0.397 e. The molecule has 0 saturated carbocycles. The molecule has 5 aromatic rings. The first-order valence-corrected chi connectivity index (χ1v) is 12.4. The topological polar surface area (TPSA) is 80.9 Å². The van der Waals surface area contributed by atoms with Crippen molar-refractivity contribution in [3.05, 3.63) is 92.8 Å². The van der Waals surface area contributed by atoms with Crippen LogP contribution < -0.4 is 11.1 Å². The van der Waals surface area contributed by atoms with Gasteiger partial charge in [-0.05, 0) is 55.1 Å². The molecule has 0 aliphatic carbocycles. The highest BCUT2D eigenvalue weighted by atomic mass is 79.9. The minimum absolute atomic E-state index is 0.328. The number of carbonyl (C=O) groups is 1. The number of nitrogens with two attached hydrogens (primary N) is 1. The molecule has 0 bridgehead atoms. The van der Waals surface area contributed by atoms with Gasteiger partial charge in [-0.25, -0.2) is 9.97 Å². The van der Waals surface area contributed by atoms with Crippen molar-refractivity contribution in [3.8, 4) is 22.4 Å². The fourth-order valence-corrected chi connectivity index (χ4v) is 5.66. The molecule has 0 spiro atoms. The summed E-state index contributed by atoms with van der Waals surface area (Å²) in [6, 6.07) is 23.8. The number of anilines is 2. The Balaban J connectivity index is 1.66. The summed E-state index contributed by atoms with van der Waals surface area (Å²) in [4.78, 5) is 23.4. The molecule has 0 fully saturated rings. The number of carbonyl (C=O) groups excluding carboxylic acids is 1. The van der Waals surface area contributed by atoms with Crippen LogP contribution in [0, 0.1) is 0 Å². The Kier molecular flexibility index (Phi) is 5.97. The number of nitrogens with zero attached hydrogens (tertiary/aromatic N) is 2. The number of aromatic nitrogens is 2. The standard InChI is InChI=1S/C25H16Br2N4OS/c26-16-11-18(27)23(29-13-16)31-24(32)22-21(28)20-17(14-7-3-1-4-8-14)12-19(30-25(20)33-22)15-9-5-2-6-10-15/h1-13H,28H2,(H,29,31,32). The summed E-state index contributed by atoms with van der Waals surface area (Å²) in [6.45, 7) is 0. The molecule has 1 amide bonds. The quantitative estimate of drug-likeness (QED) is 0.233. The van der Waals surface area contributed by atoms with Gasteiger partial charge in [0.2, 0.25) is 0 Å². The number of hydrogen-bond donors (Lipinski definition) is 2. The first-order valence-electron chi connectivity index (χ1n) is 9.97. The van der Waals surface area contributed by atoms with E-state index in [4.69, 9.17) is 10.7 Å². The van der Waals surface area contributed by atoms with Gasteiger partial charge in [0.15, 0.2) is 0 Å². The molecular formula is C25H16Br2N4OS.